The van der Waals surface area contributed by atoms with Gasteiger partial charge in [0.2, 0.25) is 0 Å². The number of benzene rings is 1. The summed E-state index contributed by atoms with van der Waals surface area (Å²) < 4.78 is 5.71. The largest absolute Gasteiger partial charge is 0.494 e. The fourth-order valence-corrected chi connectivity index (χ4v) is 2.84. The first-order valence-corrected chi connectivity index (χ1v) is 8.43. The van der Waals surface area contributed by atoms with Crippen molar-refractivity contribution in [1.29, 1.82) is 0 Å². The maximum absolute atomic E-state index is 9.95. The molecule has 0 bridgehead atoms. The molecule has 2 rings (SSSR count). The summed E-state index contributed by atoms with van der Waals surface area (Å²) in [5, 5.41) is 13.4. The molecule has 1 aliphatic carbocycles. The standard InChI is InChI=1S/C18H29NO2/c1-2-3-6-13-21-16-11-9-15(10-12-16)14-19-17-7-4-5-8-18(17)20/h9-12,17-20H,2-8,13-14H2,1H3. The smallest absolute Gasteiger partial charge is 0.119 e. The molecule has 0 heterocycles. The molecule has 2 N–H and O–H groups in total. The molecule has 2 unspecified atom stereocenters. The Morgan fingerprint density at radius 1 is 1.14 bits per heavy atom. The molecular weight excluding hydrogens is 262 g/mol. The number of ether oxygens (including phenoxy) is 1. The Labute approximate surface area is 128 Å². The van der Waals surface area contributed by atoms with E-state index in [-0.39, 0.29) is 12.1 Å². The van der Waals surface area contributed by atoms with Crippen LogP contribution in [0.3, 0.4) is 0 Å². The molecule has 0 spiro atoms. The molecule has 118 valence electrons. The lowest BCUT2D eigenvalue weighted by Crippen LogP contribution is -2.41. The Morgan fingerprint density at radius 3 is 2.62 bits per heavy atom. The van der Waals surface area contributed by atoms with Crippen LogP contribution in [0.2, 0.25) is 0 Å². The second kappa shape index (κ2) is 9.06. The first kappa shape index (κ1) is 16.3. The zero-order valence-electron chi connectivity index (χ0n) is 13.2. The maximum atomic E-state index is 9.95. The summed E-state index contributed by atoms with van der Waals surface area (Å²) in [6.07, 6.45) is 7.79. The number of aliphatic hydroxyl groups excluding tert-OH is 1. The number of nitrogens with one attached hydrogen (secondary N) is 1. The van der Waals surface area contributed by atoms with Crippen molar-refractivity contribution >= 4 is 0 Å². The van der Waals surface area contributed by atoms with E-state index in [1.165, 1.54) is 24.8 Å². The van der Waals surface area contributed by atoms with E-state index in [0.717, 1.165) is 44.6 Å². The molecule has 1 fully saturated rings. The van der Waals surface area contributed by atoms with Gasteiger partial charge in [0.15, 0.2) is 0 Å². The highest BCUT2D eigenvalue weighted by Crippen LogP contribution is 2.19. The summed E-state index contributed by atoms with van der Waals surface area (Å²) in [6, 6.07) is 8.55. The third-order valence-electron chi connectivity index (χ3n) is 4.24. The van der Waals surface area contributed by atoms with Gasteiger partial charge in [-0.3, -0.25) is 0 Å². The number of rotatable bonds is 8. The third-order valence-corrected chi connectivity index (χ3v) is 4.24. The molecule has 0 saturated heterocycles. The van der Waals surface area contributed by atoms with Crippen LogP contribution in [0.4, 0.5) is 0 Å². The molecular formula is C18H29NO2. The minimum atomic E-state index is -0.181. The average Bonchev–Trinajstić information content (AvgIpc) is 2.52. The molecule has 0 amide bonds. The van der Waals surface area contributed by atoms with E-state index < -0.39 is 0 Å². The van der Waals surface area contributed by atoms with Crippen LogP contribution < -0.4 is 10.1 Å². The van der Waals surface area contributed by atoms with Gasteiger partial charge in [-0.15, -0.1) is 0 Å². The molecule has 1 aromatic carbocycles. The van der Waals surface area contributed by atoms with Crippen LogP contribution >= 0.6 is 0 Å². The second-order valence-corrected chi connectivity index (χ2v) is 6.04. The Morgan fingerprint density at radius 2 is 1.90 bits per heavy atom. The van der Waals surface area contributed by atoms with Crippen LogP contribution in [0.15, 0.2) is 24.3 Å². The Kier molecular flexibility index (Phi) is 7.04. The highest BCUT2D eigenvalue weighted by atomic mass is 16.5. The van der Waals surface area contributed by atoms with Gasteiger partial charge in [-0.25, -0.2) is 0 Å². The van der Waals surface area contributed by atoms with Gasteiger partial charge in [0.05, 0.1) is 12.7 Å². The lowest BCUT2D eigenvalue weighted by molar-refractivity contribution is 0.0902. The molecule has 0 radical (unpaired) electrons. The van der Waals surface area contributed by atoms with E-state index in [2.05, 4.69) is 24.4 Å². The summed E-state index contributed by atoms with van der Waals surface area (Å²) in [5.41, 5.74) is 1.24. The van der Waals surface area contributed by atoms with E-state index in [9.17, 15) is 5.11 Å². The molecule has 0 aromatic heterocycles. The molecule has 0 aliphatic heterocycles. The van der Waals surface area contributed by atoms with E-state index in [1.54, 1.807) is 0 Å². The lowest BCUT2D eigenvalue weighted by Gasteiger charge is -2.28. The number of hydrogen-bond acceptors (Lipinski definition) is 3. The summed E-state index contributed by atoms with van der Waals surface area (Å²) in [6.45, 7) is 3.82. The van der Waals surface area contributed by atoms with Crippen LogP contribution in [-0.2, 0) is 6.54 Å². The third kappa shape index (κ3) is 5.68. The molecule has 2 atom stereocenters. The molecule has 1 saturated carbocycles. The first-order valence-electron chi connectivity index (χ1n) is 8.43. The molecule has 1 aromatic rings. The maximum Gasteiger partial charge on any atom is 0.119 e. The van der Waals surface area contributed by atoms with Crippen molar-refractivity contribution in [3.63, 3.8) is 0 Å². The zero-order valence-corrected chi connectivity index (χ0v) is 13.2. The Balaban J connectivity index is 1.71. The van der Waals surface area contributed by atoms with Crippen molar-refractivity contribution in [3.8, 4) is 5.75 Å². The topological polar surface area (TPSA) is 41.5 Å². The molecule has 21 heavy (non-hydrogen) atoms. The van der Waals surface area contributed by atoms with Gasteiger partial charge in [0, 0.05) is 12.6 Å². The Hall–Kier alpha value is -1.06. The molecule has 3 nitrogen and oxygen atoms in total. The van der Waals surface area contributed by atoms with E-state index in [0.29, 0.717) is 0 Å². The van der Waals surface area contributed by atoms with E-state index in [1.807, 2.05) is 12.1 Å². The number of unbranched alkanes of at least 4 members (excludes halogenated alkanes) is 2. The minimum absolute atomic E-state index is 0.181. The predicted molar refractivity (Wildman–Crippen MR) is 86.6 cm³/mol. The number of hydrogen-bond donors (Lipinski definition) is 2. The fourth-order valence-electron chi connectivity index (χ4n) is 2.84. The van der Waals surface area contributed by atoms with Crippen molar-refractivity contribution in [2.45, 2.75) is 70.6 Å². The fraction of sp³-hybridized carbons (Fsp3) is 0.667. The predicted octanol–water partition coefficient (Wildman–Crippen LogP) is 3.65. The number of aliphatic hydroxyl groups is 1. The SMILES string of the molecule is CCCCCOc1ccc(CNC2CCCCC2O)cc1. The molecule has 1 aliphatic rings. The normalized spacial score (nSPS) is 22.2. The highest BCUT2D eigenvalue weighted by Gasteiger charge is 2.21. The summed E-state index contributed by atoms with van der Waals surface area (Å²) >= 11 is 0. The Bertz CT molecular complexity index is 391. The van der Waals surface area contributed by atoms with Gasteiger partial charge < -0.3 is 15.2 Å². The summed E-state index contributed by atoms with van der Waals surface area (Å²) in [5.74, 6) is 0.951. The van der Waals surface area contributed by atoms with Crippen LogP contribution in [0.5, 0.6) is 5.75 Å². The first-order chi connectivity index (χ1) is 10.3. The van der Waals surface area contributed by atoms with Gasteiger partial charge in [0.25, 0.3) is 0 Å². The van der Waals surface area contributed by atoms with Crippen molar-refractivity contribution in [2.24, 2.45) is 0 Å². The van der Waals surface area contributed by atoms with Crippen LogP contribution in [0.25, 0.3) is 0 Å². The van der Waals surface area contributed by atoms with Crippen molar-refractivity contribution in [2.75, 3.05) is 6.61 Å². The second-order valence-electron chi connectivity index (χ2n) is 6.04. The monoisotopic (exact) mass is 291 g/mol. The lowest BCUT2D eigenvalue weighted by atomic mass is 9.92. The average molecular weight is 291 g/mol. The van der Waals surface area contributed by atoms with E-state index in [4.69, 9.17) is 4.74 Å². The van der Waals surface area contributed by atoms with Gasteiger partial charge in [-0.2, -0.15) is 0 Å². The van der Waals surface area contributed by atoms with Crippen LogP contribution in [0.1, 0.15) is 57.4 Å². The van der Waals surface area contributed by atoms with Crippen LogP contribution in [-0.4, -0.2) is 23.9 Å². The van der Waals surface area contributed by atoms with Gasteiger partial charge in [0.1, 0.15) is 5.75 Å². The van der Waals surface area contributed by atoms with Crippen molar-refractivity contribution in [1.82, 2.24) is 5.32 Å². The van der Waals surface area contributed by atoms with Gasteiger partial charge in [-0.05, 0) is 37.0 Å². The summed E-state index contributed by atoms with van der Waals surface area (Å²) in [7, 11) is 0. The summed E-state index contributed by atoms with van der Waals surface area (Å²) in [4.78, 5) is 0. The zero-order chi connectivity index (χ0) is 14.9. The van der Waals surface area contributed by atoms with Crippen LogP contribution in [0, 0.1) is 0 Å². The minimum Gasteiger partial charge on any atom is -0.494 e. The van der Waals surface area contributed by atoms with E-state index >= 15 is 0 Å². The highest BCUT2D eigenvalue weighted by molar-refractivity contribution is 5.27. The molecule has 3 heteroatoms. The van der Waals surface area contributed by atoms with Crippen molar-refractivity contribution < 1.29 is 9.84 Å². The van der Waals surface area contributed by atoms with Gasteiger partial charge >= 0.3 is 0 Å². The van der Waals surface area contributed by atoms with Gasteiger partial charge in [-0.1, -0.05) is 44.7 Å². The van der Waals surface area contributed by atoms with Crippen molar-refractivity contribution in [3.05, 3.63) is 29.8 Å². The quantitative estimate of drug-likeness (QED) is 0.718.